The Kier molecular flexibility index (Phi) is 5.48. The van der Waals surface area contributed by atoms with Crippen molar-refractivity contribution >= 4 is 29.0 Å². The Morgan fingerprint density at radius 1 is 1.16 bits per heavy atom. The van der Waals surface area contributed by atoms with E-state index in [0.717, 1.165) is 12.8 Å². The van der Waals surface area contributed by atoms with Gasteiger partial charge in [0.1, 0.15) is 11.3 Å². The Morgan fingerprint density at radius 2 is 1.94 bits per heavy atom. The molecule has 0 bridgehead atoms. The van der Waals surface area contributed by atoms with E-state index in [0.29, 0.717) is 61.9 Å². The molecule has 168 valence electrons. The summed E-state index contributed by atoms with van der Waals surface area (Å²) >= 11 is 0. The fraction of sp³-hybridized carbons (Fsp3) is 0.476. The van der Waals surface area contributed by atoms with E-state index >= 15 is 0 Å². The number of aromatic nitrogens is 5. The third-order valence-electron chi connectivity index (χ3n) is 6.22. The summed E-state index contributed by atoms with van der Waals surface area (Å²) in [4.78, 5) is 30.7. The maximum atomic E-state index is 13.1. The van der Waals surface area contributed by atoms with E-state index in [9.17, 15) is 14.7 Å². The first-order valence-electron chi connectivity index (χ1n) is 10.8. The lowest BCUT2D eigenvalue weighted by Gasteiger charge is -2.28. The highest BCUT2D eigenvalue weighted by Crippen LogP contribution is 2.35. The minimum absolute atomic E-state index is 0.106. The number of carbonyl (C=O) groups is 2. The normalized spacial score (nSPS) is 21.6. The van der Waals surface area contributed by atoms with Gasteiger partial charge in [-0.05, 0) is 31.7 Å². The van der Waals surface area contributed by atoms with E-state index in [2.05, 4.69) is 20.3 Å². The van der Waals surface area contributed by atoms with Crippen LogP contribution in [0.15, 0.2) is 30.9 Å². The van der Waals surface area contributed by atoms with E-state index in [1.54, 1.807) is 23.0 Å². The van der Waals surface area contributed by atoms with Gasteiger partial charge in [-0.3, -0.25) is 14.3 Å². The molecule has 2 aliphatic rings. The molecule has 0 radical (unpaired) electrons. The average Bonchev–Trinajstić information content (AvgIpc) is 3.44. The summed E-state index contributed by atoms with van der Waals surface area (Å²) < 4.78 is 8.91. The molecule has 1 aliphatic carbocycles. The van der Waals surface area contributed by atoms with Crippen LogP contribution in [0.2, 0.25) is 0 Å². The predicted molar refractivity (Wildman–Crippen MR) is 115 cm³/mol. The van der Waals surface area contributed by atoms with Gasteiger partial charge in [-0.25, -0.2) is 9.50 Å². The first-order valence-corrected chi connectivity index (χ1v) is 10.8. The number of nitrogens with one attached hydrogen (secondary N) is 1. The molecule has 5 rings (SSSR count). The molecule has 1 saturated heterocycles. The third kappa shape index (κ3) is 3.91. The lowest BCUT2D eigenvalue weighted by atomic mass is 9.86. The smallest absolute Gasteiger partial charge is 0.306 e. The van der Waals surface area contributed by atoms with E-state index in [4.69, 9.17) is 9.84 Å². The topological polar surface area (TPSA) is 127 Å². The fourth-order valence-electron chi connectivity index (χ4n) is 4.43. The third-order valence-corrected chi connectivity index (χ3v) is 6.22. The van der Waals surface area contributed by atoms with Gasteiger partial charge in [0.15, 0.2) is 11.5 Å². The predicted octanol–water partition coefficient (Wildman–Crippen LogP) is 1.83. The van der Waals surface area contributed by atoms with Crippen molar-refractivity contribution in [1.82, 2.24) is 24.4 Å². The van der Waals surface area contributed by atoms with E-state index in [1.807, 2.05) is 10.9 Å². The molecule has 3 aromatic heterocycles. The van der Waals surface area contributed by atoms with Gasteiger partial charge in [0.25, 0.3) is 5.91 Å². The number of carboxylic acid groups (broad SMARTS) is 1. The van der Waals surface area contributed by atoms with Gasteiger partial charge in [-0.2, -0.15) is 10.2 Å². The number of anilines is 2. The second-order valence-electron chi connectivity index (χ2n) is 8.19. The minimum atomic E-state index is -0.729. The van der Waals surface area contributed by atoms with Gasteiger partial charge in [0, 0.05) is 25.5 Å². The van der Waals surface area contributed by atoms with E-state index < -0.39 is 5.97 Å². The molecule has 11 nitrogen and oxygen atoms in total. The monoisotopic (exact) mass is 439 g/mol. The lowest BCUT2D eigenvalue weighted by molar-refractivity contribution is -0.143. The molecule has 1 aliphatic heterocycles. The quantitative estimate of drug-likeness (QED) is 0.616. The molecule has 11 heteroatoms. The fourth-order valence-corrected chi connectivity index (χ4v) is 4.43. The van der Waals surface area contributed by atoms with Crippen LogP contribution in [0.25, 0.3) is 5.65 Å². The zero-order valence-electron chi connectivity index (χ0n) is 17.6. The van der Waals surface area contributed by atoms with Crippen LogP contribution in [0.4, 0.5) is 11.5 Å². The highest BCUT2D eigenvalue weighted by Gasteiger charge is 2.29. The number of amides is 1. The van der Waals surface area contributed by atoms with Crippen molar-refractivity contribution in [1.29, 1.82) is 0 Å². The molecule has 0 atom stereocenters. The molecular weight excluding hydrogens is 414 g/mol. The first kappa shape index (κ1) is 20.4. The summed E-state index contributed by atoms with van der Waals surface area (Å²) in [7, 11) is 0. The molecule has 2 fully saturated rings. The van der Waals surface area contributed by atoms with Crippen molar-refractivity contribution in [2.75, 3.05) is 36.5 Å². The second-order valence-corrected chi connectivity index (χ2v) is 8.19. The molecule has 0 unspecified atom stereocenters. The zero-order valence-corrected chi connectivity index (χ0v) is 17.6. The number of carboxylic acids is 1. The SMILES string of the molecule is O=C(Nc1cn([C@H]2CC[C@H](C(=O)O)CC2)nc1N1CCOCC1)c1cnn2cccnc12. The zero-order chi connectivity index (χ0) is 22.1. The maximum absolute atomic E-state index is 13.1. The second kappa shape index (κ2) is 8.58. The average molecular weight is 439 g/mol. The highest BCUT2D eigenvalue weighted by atomic mass is 16.5. The van der Waals surface area contributed by atoms with Crippen LogP contribution in [0.3, 0.4) is 0 Å². The molecule has 32 heavy (non-hydrogen) atoms. The van der Waals surface area contributed by atoms with Gasteiger partial charge >= 0.3 is 5.97 Å². The molecule has 1 amide bonds. The van der Waals surface area contributed by atoms with Crippen LogP contribution in [-0.2, 0) is 9.53 Å². The van der Waals surface area contributed by atoms with Crippen molar-refractivity contribution in [2.45, 2.75) is 31.7 Å². The van der Waals surface area contributed by atoms with Crippen molar-refractivity contribution in [3.63, 3.8) is 0 Å². The van der Waals surface area contributed by atoms with Crippen LogP contribution in [-0.4, -0.2) is 67.7 Å². The first-order chi connectivity index (χ1) is 15.6. The molecule has 3 aromatic rings. The minimum Gasteiger partial charge on any atom is -0.481 e. The molecule has 4 heterocycles. The Bertz CT molecular complexity index is 1130. The van der Waals surface area contributed by atoms with Gasteiger partial charge < -0.3 is 20.1 Å². The summed E-state index contributed by atoms with van der Waals surface area (Å²) in [5, 5.41) is 21.3. The number of hydrogen-bond donors (Lipinski definition) is 2. The van der Waals surface area contributed by atoms with Crippen molar-refractivity contribution in [2.24, 2.45) is 5.92 Å². The number of carbonyl (C=O) groups excluding carboxylic acids is 1. The number of ether oxygens (including phenoxy) is 1. The van der Waals surface area contributed by atoms with Crippen LogP contribution < -0.4 is 10.2 Å². The van der Waals surface area contributed by atoms with Crippen LogP contribution in [0.5, 0.6) is 0 Å². The van der Waals surface area contributed by atoms with Gasteiger partial charge in [0.2, 0.25) is 0 Å². The number of rotatable bonds is 5. The van der Waals surface area contributed by atoms with Crippen molar-refractivity contribution in [3.8, 4) is 0 Å². The van der Waals surface area contributed by atoms with E-state index in [-0.39, 0.29) is 17.9 Å². The van der Waals surface area contributed by atoms with Crippen LogP contribution in [0, 0.1) is 5.92 Å². The standard InChI is InChI=1S/C21H25N7O4/c29-20(16-12-23-27-7-1-6-22-18(16)27)24-17-13-28(15-4-2-14(3-5-15)21(30)31)25-19(17)26-8-10-32-11-9-26/h1,6-7,12-15H,2-5,8-11H2,(H,24,29)(H,30,31)/t14-,15-. The number of morpholine rings is 1. The van der Waals surface area contributed by atoms with Crippen molar-refractivity contribution < 1.29 is 19.4 Å². The summed E-state index contributed by atoms with van der Waals surface area (Å²) in [5.41, 5.74) is 1.48. The molecule has 1 saturated carbocycles. The number of nitrogens with zero attached hydrogens (tertiary/aromatic N) is 6. The summed E-state index contributed by atoms with van der Waals surface area (Å²) in [6.45, 7) is 2.57. The Hall–Kier alpha value is -3.47. The Balaban J connectivity index is 1.41. The number of fused-ring (bicyclic) bond motifs is 1. The molecule has 2 N–H and O–H groups in total. The van der Waals surface area contributed by atoms with E-state index in [1.165, 1.54) is 6.20 Å². The van der Waals surface area contributed by atoms with Gasteiger partial charge in [-0.15, -0.1) is 0 Å². The molecule has 0 aromatic carbocycles. The van der Waals surface area contributed by atoms with Crippen LogP contribution >= 0.6 is 0 Å². The highest BCUT2D eigenvalue weighted by molar-refractivity contribution is 6.09. The Labute approximate surface area is 184 Å². The number of aliphatic carboxylic acids is 1. The largest absolute Gasteiger partial charge is 0.481 e. The van der Waals surface area contributed by atoms with Crippen molar-refractivity contribution in [3.05, 3.63) is 36.4 Å². The van der Waals surface area contributed by atoms with Gasteiger partial charge in [-0.1, -0.05) is 0 Å². The molecular formula is C21H25N7O4. The Morgan fingerprint density at radius 3 is 2.69 bits per heavy atom. The molecule has 0 spiro atoms. The summed E-state index contributed by atoms with van der Waals surface area (Å²) in [6.07, 6.45) is 9.46. The van der Waals surface area contributed by atoms with Gasteiger partial charge in [0.05, 0.1) is 37.6 Å². The number of hydrogen-bond acceptors (Lipinski definition) is 7. The maximum Gasteiger partial charge on any atom is 0.306 e. The van der Waals surface area contributed by atoms with Crippen LogP contribution in [0.1, 0.15) is 42.1 Å². The summed E-state index contributed by atoms with van der Waals surface area (Å²) in [5.74, 6) is -0.621. The summed E-state index contributed by atoms with van der Waals surface area (Å²) in [6, 6.07) is 1.86. The lowest BCUT2D eigenvalue weighted by Crippen LogP contribution is -2.37.